The van der Waals surface area contributed by atoms with E-state index < -0.39 is 9.84 Å². The summed E-state index contributed by atoms with van der Waals surface area (Å²) in [7, 11) is -2.93. The molecule has 0 aliphatic heterocycles. The zero-order valence-electron chi connectivity index (χ0n) is 9.59. The highest BCUT2D eigenvalue weighted by Crippen LogP contribution is 2.33. The van der Waals surface area contributed by atoms with Crippen LogP contribution in [0.4, 0.5) is 0 Å². The molecule has 0 amide bonds. The molecule has 0 bridgehead atoms. The molecule has 0 heterocycles. The molecule has 0 aromatic carbocycles. The Bertz CT molecular complexity index is 269. The lowest BCUT2D eigenvalue weighted by Crippen LogP contribution is -2.30. The third kappa shape index (κ3) is 6.64. The van der Waals surface area contributed by atoms with Crippen molar-refractivity contribution in [2.75, 3.05) is 23.8 Å². The molecule has 0 rings (SSSR count). The van der Waals surface area contributed by atoms with Crippen LogP contribution in [-0.4, -0.2) is 32.2 Å². The van der Waals surface area contributed by atoms with E-state index in [1.165, 1.54) is 6.26 Å². The van der Waals surface area contributed by atoms with Crippen molar-refractivity contribution in [2.45, 2.75) is 26.7 Å². The van der Waals surface area contributed by atoms with E-state index in [1.54, 1.807) is 0 Å². The number of hydrogen-bond donors (Lipinski definition) is 0. The van der Waals surface area contributed by atoms with Crippen LogP contribution in [0.3, 0.4) is 0 Å². The van der Waals surface area contributed by atoms with Gasteiger partial charge in [-0.3, -0.25) is 0 Å². The van der Waals surface area contributed by atoms with Gasteiger partial charge in [-0.15, -0.1) is 23.2 Å². The molecule has 5 heteroatoms. The van der Waals surface area contributed by atoms with Crippen molar-refractivity contribution in [3.63, 3.8) is 0 Å². The van der Waals surface area contributed by atoms with Gasteiger partial charge in [0.05, 0.1) is 5.75 Å². The van der Waals surface area contributed by atoms with Gasteiger partial charge in [0.15, 0.2) is 0 Å². The van der Waals surface area contributed by atoms with Crippen LogP contribution in [-0.2, 0) is 9.84 Å². The molecule has 92 valence electrons. The molecule has 0 spiro atoms. The first-order valence-corrected chi connectivity index (χ1v) is 8.17. The van der Waals surface area contributed by atoms with Crippen molar-refractivity contribution in [3.05, 3.63) is 0 Å². The minimum absolute atomic E-state index is 0.166. The van der Waals surface area contributed by atoms with Gasteiger partial charge in [-0.1, -0.05) is 13.8 Å². The number of sulfone groups is 1. The molecule has 0 saturated carbocycles. The number of rotatable bonds is 7. The molecule has 0 aromatic rings. The monoisotopic (exact) mass is 274 g/mol. The van der Waals surface area contributed by atoms with Gasteiger partial charge in [0.2, 0.25) is 0 Å². The van der Waals surface area contributed by atoms with Crippen LogP contribution in [0.2, 0.25) is 0 Å². The lowest BCUT2D eigenvalue weighted by atomic mass is 9.81. The second kappa shape index (κ2) is 6.31. The maximum absolute atomic E-state index is 11.1. The van der Waals surface area contributed by atoms with Gasteiger partial charge in [0, 0.05) is 18.0 Å². The van der Waals surface area contributed by atoms with E-state index in [1.807, 2.05) is 0 Å². The van der Waals surface area contributed by atoms with Crippen molar-refractivity contribution in [1.29, 1.82) is 0 Å². The first-order valence-electron chi connectivity index (χ1n) is 5.04. The summed E-state index contributed by atoms with van der Waals surface area (Å²) in [5.74, 6) is 1.48. The average molecular weight is 275 g/mol. The Balaban J connectivity index is 4.50. The van der Waals surface area contributed by atoms with Gasteiger partial charge in [-0.25, -0.2) is 8.42 Å². The van der Waals surface area contributed by atoms with Gasteiger partial charge in [-0.05, 0) is 24.2 Å². The van der Waals surface area contributed by atoms with E-state index in [4.69, 9.17) is 23.2 Å². The van der Waals surface area contributed by atoms with Crippen LogP contribution in [0.15, 0.2) is 0 Å². The van der Waals surface area contributed by atoms with Gasteiger partial charge < -0.3 is 0 Å². The van der Waals surface area contributed by atoms with E-state index in [0.717, 1.165) is 6.42 Å². The standard InChI is InChI=1S/C10H20Cl2O2S/c1-9(2)6-10(7-11,8-12)4-5-15(3,13)14/h9H,4-8H2,1-3H3. The van der Waals surface area contributed by atoms with Crippen molar-refractivity contribution in [3.8, 4) is 0 Å². The summed E-state index contributed by atoms with van der Waals surface area (Å²) in [5, 5.41) is 0. The molecule has 0 unspecified atom stereocenters. The molecule has 0 radical (unpaired) electrons. The van der Waals surface area contributed by atoms with Crippen LogP contribution < -0.4 is 0 Å². The van der Waals surface area contributed by atoms with E-state index in [0.29, 0.717) is 24.1 Å². The van der Waals surface area contributed by atoms with Crippen molar-refractivity contribution in [1.82, 2.24) is 0 Å². The molecule has 15 heavy (non-hydrogen) atoms. The summed E-state index contributed by atoms with van der Waals surface area (Å²) in [6.07, 6.45) is 2.67. The Kier molecular flexibility index (Phi) is 6.53. The van der Waals surface area contributed by atoms with Gasteiger partial charge >= 0.3 is 0 Å². The van der Waals surface area contributed by atoms with E-state index in [9.17, 15) is 8.42 Å². The first kappa shape index (κ1) is 15.5. The van der Waals surface area contributed by atoms with E-state index in [2.05, 4.69) is 13.8 Å². The van der Waals surface area contributed by atoms with Crippen molar-refractivity contribution in [2.24, 2.45) is 11.3 Å². The Morgan fingerprint density at radius 2 is 1.67 bits per heavy atom. The lowest BCUT2D eigenvalue weighted by Gasteiger charge is -2.31. The SMILES string of the molecule is CC(C)CC(CCl)(CCl)CCS(C)(=O)=O. The predicted molar refractivity (Wildman–Crippen MR) is 67.7 cm³/mol. The molecule has 0 fully saturated rings. The van der Waals surface area contributed by atoms with E-state index in [-0.39, 0.29) is 11.2 Å². The molecular weight excluding hydrogens is 255 g/mol. The van der Waals surface area contributed by atoms with Crippen LogP contribution >= 0.6 is 23.2 Å². The quantitative estimate of drug-likeness (QED) is 0.669. The fraction of sp³-hybridized carbons (Fsp3) is 1.00. The van der Waals surface area contributed by atoms with Gasteiger partial charge in [0.25, 0.3) is 0 Å². The molecule has 2 nitrogen and oxygen atoms in total. The fourth-order valence-electron chi connectivity index (χ4n) is 1.65. The number of hydrogen-bond acceptors (Lipinski definition) is 2. The molecule has 0 aromatic heterocycles. The van der Waals surface area contributed by atoms with Gasteiger partial charge in [-0.2, -0.15) is 0 Å². The number of halogens is 2. The van der Waals surface area contributed by atoms with Crippen molar-refractivity contribution >= 4 is 33.0 Å². The highest BCUT2D eigenvalue weighted by molar-refractivity contribution is 7.90. The number of alkyl halides is 2. The Morgan fingerprint density at radius 3 is 1.93 bits per heavy atom. The lowest BCUT2D eigenvalue weighted by molar-refractivity contribution is 0.288. The first-order chi connectivity index (χ1) is 6.74. The van der Waals surface area contributed by atoms with Gasteiger partial charge in [0.1, 0.15) is 9.84 Å². The Morgan fingerprint density at radius 1 is 1.20 bits per heavy atom. The molecule has 0 aliphatic rings. The molecular formula is C10H20Cl2O2S. The third-order valence-electron chi connectivity index (χ3n) is 2.41. The van der Waals surface area contributed by atoms with Crippen LogP contribution in [0.25, 0.3) is 0 Å². The highest BCUT2D eigenvalue weighted by atomic mass is 35.5. The fourth-order valence-corrected chi connectivity index (χ4v) is 3.22. The molecule has 0 saturated heterocycles. The summed E-state index contributed by atoms with van der Waals surface area (Å²) < 4.78 is 22.2. The molecule has 0 aliphatic carbocycles. The van der Waals surface area contributed by atoms with E-state index >= 15 is 0 Å². The minimum Gasteiger partial charge on any atom is -0.229 e. The zero-order valence-corrected chi connectivity index (χ0v) is 11.9. The second-order valence-electron chi connectivity index (χ2n) is 4.75. The zero-order chi connectivity index (χ0) is 12.1. The summed E-state index contributed by atoms with van der Waals surface area (Å²) >= 11 is 11.8. The normalized spacial score (nSPS) is 13.5. The molecule has 0 atom stereocenters. The second-order valence-corrected chi connectivity index (χ2v) is 7.54. The smallest absolute Gasteiger partial charge is 0.147 e. The summed E-state index contributed by atoms with van der Waals surface area (Å²) in [6.45, 7) is 4.18. The maximum atomic E-state index is 11.1. The largest absolute Gasteiger partial charge is 0.229 e. The van der Waals surface area contributed by atoms with Crippen LogP contribution in [0, 0.1) is 11.3 Å². The maximum Gasteiger partial charge on any atom is 0.147 e. The minimum atomic E-state index is -2.93. The van der Waals surface area contributed by atoms with Crippen LogP contribution in [0.5, 0.6) is 0 Å². The summed E-state index contributed by atoms with van der Waals surface area (Å²) in [5.41, 5.74) is -0.236. The summed E-state index contributed by atoms with van der Waals surface area (Å²) in [6, 6.07) is 0. The Labute approximate surface area is 103 Å². The topological polar surface area (TPSA) is 34.1 Å². The predicted octanol–water partition coefficient (Wildman–Crippen LogP) is 2.93. The average Bonchev–Trinajstić information content (AvgIpc) is 2.10. The van der Waals surface area contributed by atoms with Crippen molar-refractivity contribution < 1.29 is 8.42 Å². The van der Waals surface area contributed by atoms with Crippen LogP contribution in [0.1, 0.15) is 26.7 Å². The highest BCUT2D eigenvalue weighted by Gasteiger charge is 2.30. The Hall–Kier alpha value is 0.530. The third-order valence-corrected chi connectivity index (χ3v) is 4.49. The molecule has 0 N–H and O–H groups in total. The summed E-state index contributed by atoms with van der Waals surface area (Å²) in [4.78, 5) is 0.